The molecule has 5 nitrogen and oxygen atoms in total. The summed E-state index contributed by atoms with van der Waals surface area (Å²) in [6.45, 7) is 0.921. The number of nitrogens with two attached hydrogens (primary N) is 1. The van der Waals surface area contributed by atoms with Gasteiger partial charge < -0.3 is 11.1 Å². The van der Waals surface area contributed by atoms with E-state index in [1.165, 1.54) is 0 Å². The summed E-state index contributed by atoms with van der Waals surface area (Å²) in [6, 6.07) is 0. The molecule has 0 radical (unpaired) electrons. The second-order valence-corrected chi connectivity index (χ2v) is 5.79. The number of alkyl halides is 2. The monoisotopic (exact) mass is 300 g/mol. The first-order chi connectivity index (χ1) is 9.88. The number of hydrogen-bond acceptors (Lipinski definition) is 3. The van der Waals surface area contributed by atoms with Crippen LogP contribution in [0.4, 0.5) is 8.78 Å². The minimum atomic E-state index is -2.69. The standard InChI is InChI=1S/C14H22F2N4O/c1-9-11(10(2)20(19-9)13(15)16)7-12(21)18-14(8-17)5-3-4-6-14/h13H,3-8,17H2,1-2H3,(H,18,21). The first-order valence-corrected chi connectivity index (χ1v) is 7.22. The Morgan fingerprint density at radius 3 is 2.52 bits per heavy atom. The number of amides is 1. The van der Waals surface area contributed by atoms with Gasteiger partial charge >= 0.3 is 6.55 Å². The highest BCUT2D eigenvalue weighted by atomic mass is 19.3. The molecule has 1 aliphatic carbocycles. The van der Waals surface area contributed by atoms with Crippen molar-refractivity contribution >= 4 is 5.91 Å². The van der Waals surface area contributed by atoms with Crippen molar-refractivity contribution in [3.8, 4) is 0 Å². The zero-order chi connectivity index (χ0) is 15.6. The Balaban J connectivity index is 2.09. The normalized spacial score (nSPS) is 17.4. The smallest absolute Gasteiger partial charge is 0.333 e. The number of rotatable bonds is 5. The number of nitrogens with zero attached hydrogens (tertiary/aromatic N) is 2. The zero-order valence-electron chi connectivity index (χ0n) is 12.5. The molecule has 1 amide bonds. The van der Waals surface area contributed by atoms with Crippen molar-refractivity contribution in [1.82, 2.24) is 15.1 Å². The van der Waals surface area contributed by atoms with Gasteiger partial charge in [-0.1, -0.05) is 12.8 Å². The number of aromatic nitrogens is 2. The quantitative estimate of drug-likeness (QED) is 0.871. The van der Waals surface area contributed by atoms with E-state index in [1.54, 1.807) is 13.8 Å². The van der Waals surface area contributed by atoms with Crippen LogP contribution < -0.4 is 11.1 Å². The first kappa shape index (κ1) is 15.9. The molecule has 0 aliphatic heterocycles. The van der Waals surface area contributed by atoms with E-state index >= 15 is 0 Å². The highest BCUT2D eigenvalue weighted by Crippen LogP contribution is 2.29. The average molecular weight is 300 g/mol. The summed E-state index contributed by atoms with van der Waals surface area (Å²) in [6.07, 6.45) is 3.93. The molecule has 0 bridgehead atoms. The molecule has 1 saturated carbocycles. The summed E-state index contributed by atoms with van der Waals surface area (Å²) in [5, 5.41) is 6.79. The first-order valence-electron chi connectivity index (χ1n) is 7.22. The minimum Gasteiger partial charge on any atom is -0.349 e. The van der Waals surface area contributed by atoms with Gasteiger partial charge in [0.15, 0.2) is 0 Å². The van der Waals surface area contributed by atoms with Gasteiger partial charge in [-0.25, -0.2) is 4.68 Å². The predicted molar refractivity (Wildman–Crippen MR) is 75.1 cm³/mol. The molecule has 1 heterocycles. The van der Waals surface area contributed by atoms with Crippen molar-refractivity contribution in [2.24, 2.45) is 5.73 Å². The molecule has 1 fully saturated rings. The van der Waals surface area contributed by atoms with Gasteiger partial charge in [-0.3, -0.25) is 4.79 Å². The molecule has 0 unspecified atom stereocenters. The van der Waals surface area contributed by atoms with Crippen molar-refractivity contribution in [3.63, 3.8) is 0 Å². The average Bonchev–Trinajstić information content (AvgIpc) is 2.99. The molecule has 1 aromatic rings. The lowest BCUT2D eigenvalue weighted by molar-refractivity contribution is -0.122. The molecule has 118 valence electrons. The Morgan fingerprint density at radius 1 is 1.43 bits per heavy atom. The minimum absolute atomic E-state index is 0.0616. The molecule has 0 spiro atoms. The van der Waals surface area contributed by atoms with Crippen molar-refractivity contribution in [1.29, 1.82) is 0 Å². The lowest BCUT2D eigenvalue weighted by Crippen LogP contribution is -2.52. The Labute approximate surface area is 122 Å². The molecule has 7 heteroatoms. The molecular formula is C14H22F2N4O. The van der Waals surface area contributed by atoms with Crippen molar-refractivity contribution in [2.75, 3.05) is 6.54 Å². The number of hydrogen-bond donors (Lipinski definition) is 2. The van der Waals surface area contributed by atoms with Gasteiger partial charge in [0, 0.05) is 17.8 Å². The van der Waals surface area contributed by atoms with E-state index in [0.717, 1.165) is 25.7 Å². The Morgan fingerprint density at radius 2 is 2.05 bits per heavy atom. The Bertz CT molecular complexity index is 521. The molecular weight excluding hydrogens is 278 g/mol. The molecule has 21 heavy (non-hydrogen) atoms. The Kier molecular flexibility index (Phi) is 4.61. The van der Waals surface area contributed by atoms with E-state index in [9.17, 15) is 13.6 Å². The summed E-state index contributed by atoms with van der Waals surface area (Å²) in [5.74, 6) is -0.178. The van der Waals surface area contributed by atoms with Gasteiger partial charge in [-0.2, -0.15) is 13.9 Å². The van der Waals surface area contributed by atoms with Crippen LogP contribution in [0.3, 0.4) is 0 Å². The summed E-state index contributed by atoms with van der Waals surface area (Å²) < 4.78 is 26.2. The van der Waals surface area contributed by atoms with Crippen LogP contribution in [0, 0.1) is 13.8 Å². The lowest BCUT2D eigenvalue weighted by Gasteiger charge is -2.28. The highest BCUT2D eigenvalue weighted by molar-refractivity contribution is 5.80. The van der Waals surface area contributed by atoms with Crippen LogP contribution in [0.25, 0.3) is 0 Å². The van der Waals surface area contributed by atoms with E-state index in [4.69, 9.17) is 5.73 Å². The van der Waals surface area contributed by atoms with E-state index in [0.29, 0.717) is 28.2 Å². The SMILES string of the molecule is Cc1nn(C(F)F)c(C)c1CC(=O)NC1(CN)CCCC1. The predicted octanol–water partition coefficient (Wildman–Crippen LogP) is 1.83. The molecule has 1 aromatic heterocycles. The topological polar surface area (TPSA) is 72.9 Å². The maximum Gasteiger partial charge on any atom is 0.333 e. The molecule has 2 rings (SSSR count). The fourth-order valence-electron chi connectivity index (χ4n) is 3.08. The van der Waals surface area contributed by atoms with E-state index in [1.807, 2.05) is 0 Å². The summed E-state index contributed by atoms with van der Waals surface area (Å²) in [4.78, 5) is 12.2. The van der Waals surface area contributed by atoms with Crippen LogP contribution >= 0.6 is 0 Å². The van der Waals surface area contributed by atoms with E-state index in [-0.39, 0.29) is 17.9 Å². The molecule has 0 atom stereocenters. The number of halogens is 2. The molecule has 0 saturated heterocycles. The largest absolute Gasteiger partial charge is 0.349 e. The van der Waals surface area contributed by atoms with Gasteiger partial charge in [0.05, 0.1) is 17.7 Å². The van der Waals surface area contributed by atoms with Crippen molar-refractivity contribution in [3.05, 3.63) is 17.0 Å². The fraction of sp³-hybridized carbons (Fsp3) is 0.714. The maximum absolute atomic E-state index is 12.8. The number of aryl methyl sites for hydroxylation is 1. The molecule has 1 aliphatic rings. The van der Waals surface area contributed by atoms with Crippen LogP contribution in [0.5, 0.6) is 0 Å². The summed E-state index contributed by atoms with van der Waals surface area (Å²) in [5.41, 5.74) is 6.84. The van der Waals surface area contributed by atoms with Gasteiger partial charge in [-0.15, -0.1) is 0 Å². The lowest BCUT2D eigenvalue weighted by atomic mass is 9.97. The van der Waals surface area contributed by atoms with Crippen LogP contribution in [0.2, 0.25) is 0 Å². The fourth-order valence-corrected chi connectivity index (χ4v) is 3.08. The summed E-state index contributed by atoms with van der Waals surface area (Å²) in [7, 11) is 0. The zero-order valence-corrected chi connectivity index (χ0v) is 12.5. The Hall–Kier alpha value is -1.50. The highest BCUT2D eigenvalue weighted by Gasteiger charge is 2.34. The van der Waals surface area contributed by atoms with E-state index in [2.05, 4.69) is 10.4 Å². The molecule has 3 N–H and O–H groups in total. The van der Waals surface area contributed by atoms with Crippen LogP contribution in [0.15, 0.2) is 0 Å². The van der Waals surface area contributed by atoms with Crippen molar-refractivity contribution in [2.45, 2.75) is 58.0 Å². The van der Waals surface area contributed by atoms with Gasteiger partial charge in [0.25, 0.3) is 0 Å². The summed E-state index contributed by atoms with van der Waals surface area (Å²) >= 11 is 0. The third-order valence-corrected chi connectivity index (χ3v) is 4.35. The third kappa shape index (κ3) is 3.23. The van der Waals surface area contributed by atoms with Crippen molar-refractivity contribution < 1.29 is 13.6 Å². The van der Waals surface area contributed by atoms with E-state index < -0.39 is 6.55 Å². The molecule has 0 aromatic carbocycles. The number of carbonyl (C=O) groups excluding carboxylic acids is 1. The second-order valence-electron chi connectivity index (χ2n) is 5.79. The van der Waals surface area contributed by atoms with Gasteiger partial charge in [-0.05, 0) is 26.7 Å². The van der Waals surface area contributed by atoms with Crippen LogP contribution in [-0.2, 0) is 11.2 Å². The van der Waals surface area contributed by atoms with Crippen LogP contribution in [0.1, 0.15) is 49.2 Å². The number of carbonyl (C=O) groups is 1. The maximum atomic E-state index is 12.8. The van der Waals surface area contributed by atoms with Crippen LogP contribution in [-0.4, -0.2) is 27.8 Å². The van der Waals surface area contributed by atoms with Gasteiger partial charge in [0.1, 0.15) is 0 Å². The van der Waals surface area contributed by atoms with Gasteiger partial charge in [0.2, 0.25) is 5.91 Å². The second kappa shape index (κ2) is 6.09. The number of nitrogens with one attached hydrogen (secondary N) is 1. The third-order valence-electron chi connectivity index (χ3n) is 4.35.